The number of halogens is 3. The predicted octanol–water partition coefficient (Wildman–Crippen LogP) is 4.52. The highest BCUT2D eigenvalue weighted by atomic mass is 35.5. The number of rotatable bonds is 2. The molecule has 0 saturated heterocycles. The zero-order chi connectivity index (χ0) is 13.3. The highest BCUT2D eigenvalue weighted by Gasteiger charge is 2.15. The Morgan fingerprint density at radius 3 is 2.50 bits per heavy atom. The van der Waals surface area contributed by atoms with Gasteiger partial charge in [-0.05, 0) is 48.4 Å². The smallest absolute Gasteiger partial charge is 0.123 e. The summed E-state index contributed by atoms with van der Waals surface area (Å²) in [7, 11) is 0. The van der Waals surface area contributed by atoms with Crippen LogP contribution in [0.15, 0.2) is 36.4 Å². The number of hydrogen-bond donors (Lipinski definition) is 1. The van der Waals surface area contributed by atoms with Gasteiger partial charge in [-0.1, -0.05) is 29.3 Å². The second-order valence-electron chi connectivity index (χ2n) is 4.13. The van der Waals surface area contributed by atoms with E-state index in [9.17, 15) is 9.50 Å². The molecule has 0 amide bonds. The topological polar surface area (TPSA) is 20.2 Å². The van der Waals surface area contributed by atoms with Crippen molar-refractivity contribution in [2.24, 2.45) is 0 Å². The van der Waals surface area contributed by atoms with Crippen LogP contribution in [0.2, 0.25) is 10.0 Å². The SMILES string of the molecule is Cc1cc(F)cc(C(O)c2cc(Cl)ccc2Cl)c1. The molecule has 0 fully saturated rings. The van der Waals surface area contributed by atoms with Crippen LogP contribution in [-0.2, 0) is 0 Å². The molecule has 2 rings (SSSR count). The number of aryl methyl sites for hydroxylation is 1. The van der Waals surface area contributed by atoms with Crippen molar-refractivity contribution < 1.29 is 9.50 Å². The fourth-order valence-corrected chi connectivity index (χ4v) is 2.23. The van der Waals surface area contributed by atoms with Gasteiger partial charge in [-0.3, -0.25) is 0 Å². The van der Waals surface area contributed by atoms with E-state index in [-0.39, 0.29) is 5.82 Å². The maximum absolute atomic E-state index is 13.3. The van der Waals surface area contributed by atoms with Crippen LogP contribution < -0.4 is 0 Å². The van der Waals surface area contributed by atoms with Crippen molar-refractivity contribution in [1.82, 2.24) is 0 Å². The average molecular weight is 285 g/mol. The van der Waals surface area contributed by atoms with Gasteiger partial charge in [-0.25, -0.2) is 4.39 Å². The number of aliphatic hydroxyl groups is 1. The standard InChI is InChI=1S/C14H11Cl2FO/c1-8-4-9(6-11(17)5-8)14(18)12-7-10(15)2-3-13(12)16/h2-7,14,18H,1H3. The molecule has 0 spiro atoms. The Hall–Kier alpha value is -1.09. The van der Waals surface area contributed by atoms with Crippen LogP contribution in [0.4, 0.5) is 4.39 Å². The van der Waals surface area contributed by atoms with Crippen LogP contribution in [0.1, 0.15) is 22.8 Å². The maximum Gasteiger partial charge on any atom is 0.123 e. The van der Waals surface area contributed by atoms with Crippen LogP contribution in [0.25, 0.3) is 0 Å². The summed E-state index contributed by atoms with van der Waals surface area (Å²) in [5.41, 5.74) is 1.66. The Morgan fingerprint density at radius 1 is 1.11 bits per heavy atom. The van der Waals surface area contributed by atoms with E-state index in [1.807, 2.05) is 0 Å². The van der Waals surface area contributed by atoms with Gasteiger partial charge in [-0.2, -0.15) is 0 Å². The summed E-state index contributed by atoms with van der Waals surface area (Å²) < 4.78 is 13.3. The Bertz CT molecular complexity index is 564. The lowest BCUT2D eigenvalue weighted by molar-refractivity contribution is 0.220. The highest BCUT2D eigenvalue weighted by molar-refractivity contribution is 6.33. The summed E-state index contributed by atoms with van der Waals surface area (Å²) in [5.74, 6) is -0.387. The third kappa shape index (κ3) is 2.83. The molecule has 4 heteroatoms. The van der Waals surface area contributed by atoms with E-state index in [0.29, 0.717) is 21.2 Å². The van der Waals surface area contributed by atoms with Gasteiger partial charge in [0.05, 0.1) is 0 Å². The van der Waals surface area contributed by atoms with Gasteiger partial charge in [0.15, 0.2) is 0 Å². The molecule has 0 saturated carbocycles. The van der Waals surface area contributed by atoms with Crippen LogP contribution in [0.5, 0.6) is 0 Å². The number of benzene rings is 2. The van der Waals surface area contributed by atoms with Crippen molar-refractivity contribution in [3.8, 4) is 0 Å². The Labute approximate surface area is 115 Å². The largest absolute Gasteiger partial charge is 0.384 e. The summed E-state index contributed by atoms with van der Waals surface area (Å²) >= 11 is 11.9. The average Bonchev–Trinajstić information content (AvgIpc) is 2.30. The first-order chi connectivity index (χ1) is 8.47. The number of hydrogen-bond acceptors (Lipinski definition) is 1. The minimum Gasteiger partial charge on any atom is -0.384 e. The van der Waals surface area contributed by atoms with Crippen LogP contribution >= 0.6 is 23.2 Å². The van der Waals surface area contributed by atoms with Crippen LogP contribution in [-0.4, -0.2) is 5.11 Å². The molecule has 0 heterocycles. The minimum absolute atomic E-state index is 0.387. The summed E-state index contributed by atoms with van der Waals surface area (Å²) in [5, 5.41) is 11.1. The van der Waals surface area contributed by atoms with Crippen molar-refractivity contribution in [1.29, 1.82) is 0 Å². The zero-order valence-corrected chi connectivity index (χ0v) is 11.1. The lowest BCUT2D eigenvalue weighted by Crippen LogP contribution is -2.01. The first kappa shape index (κ1) is 13.3. The van der Waals surface area contributed by atoms with Gasteiger partial charge in [0.2, 0.25) is 0 Å². The predicted molar refractivity (Wildman–Crippen MR) is 71.7 cm³/mol. The van der Waals surface area contributed by atoms with Crippen molar-refractivity contribution in [3.63, 3.8) is 0 Å². The molecule has 0 aliphatic carbocycles. The van der Waals surface area contributed by atoms with Crippen LogP contribution in [0.3, 0.4) is 0 Å². The fraction of sp³-hybridized carbons (Fsp3) is 0.143. The Kier molecular flexibility index (Phi) is 3.91. The minimum atomic E-state index is -0.995. The monoisotopic (exact) mass is 284 g/mol. The molecule has 0 bridgehead atoms. The summed E-state index contributed by atoms with van der Waals surface area (Å²) in [6.45, 7) is 1.76. The summed E-state index contributed by atoms with van der Waals surface area (Å²) in [6, 6.07) is 9.22. The molecule has 2 aromatic rings. The lowest BCUT2D eigenvalue weighted by Gasteiger charge is -2.14. The van der Waals surface area contributed by atoms with E-state index in [0.717, 1.165) is 5.56 Å². The van der Waals surface area contributed by atoms with E-state index in [1.54, 1.807) is 31.2 Å². The van der Waals surface area contributed by atoms with Gasteiger partial charge in [0, 0.05) is 15.6 Å². The first-order valence-corrected chi connectivity index (χ1v) is 6.13. The molecule has 18 heavy (non-hydrogen) atoms. The summed E-state index contributed by atoms with van der Waals surface area (Å²) in [6.07, 6.45) is -0.995. The molecule has 0 aliphatic rings. The molecule has 2 aromatic carbocycles. The van der Waals surface area contributed by atoms with Crippen LogP contribution in [0, 0.1) is 12.7 Å². The number of aliphatic hydroxyl groups excluding tert-OH is 1. The molecule has 1 unspecified atom stereocenters. The Morgan fingerprint density at radius 2 is 1.83 bits per heavy atom. The van der Waals surface area contributed by atoms with Gasteiger partial charge in [0.25, 0.3) is 0 Å². The lowest BCUT2D eigenvalue weighted by atomic mass is 10.00. The molecule has 0 aliphatic heterocycles. The normalized spacial score (nSPS) is 12.5. The summed E-state index contributed by atoms with van der Waals surface area (Å²) in [4.78, 5) is 0. The second-order valence-corrected chi connectivity index (χ2v) is 4.97. The van der Waals surface area contributed by atoms with E-state index < -0.39 is 6.10 Å². The quantitative estimate of drug-likeness (QED) is 0.860. The molecular formula is C14H11Cl2FO. The van der Waals surface area contributed by atoms with E-state index in [1.165, 1.54) is 12.1 Å². The van der Waals surface area contributed by atoms with Gasteiger partial charge in [0.1, 0.15) is 11.9 Å². The van der Waals surface area contributed by atoms with Crippen molar-refractivity contribution in [3.05, 3.63) is 69.0 Å². The highest BCUT2D eigenvalue weighted by Crippen LogP contribution is 2.31. The third-order valence-electron chi connectivity index (χ3n) is 2.63. The molecular weight excluding hydrogens is 274 g/mol. The molecule has 1 N–H and O–H groups in total. The van der Waals surface area contributed by atoms with Crippen molar-refractivity contribution >= 4 is 23.2 Å². The Balaban J connectivity index is 2.47. The van der Waals surface area contributed by atoms with Gasteiger partial charge >= 0.3 is 0 Å². The fourth-order valence-electron chi connectivity index (χ4n) is 1.83. The molecule has 1 atom stereocenters. The first-order valence-electron chi connectivity index (χ1n) is 5.37. The van der Waals surface area contributed by atoms with Gasteiger partial charge < -0.3 is 5.11 Å². The molecule has 94 valence electrons. The molecule has 0 radical (unpaired) electrons. The zero-order valence-electron chi connectivity index (χ0n) is 9.62. The van der Waals surface area contributed by atoms with Crippen molar-refractivity contribution in [2.45, 2.75) is 13.0 Å². The molecule has 0 aromatic heterocycles. The van der Waals surface area contributed by atoms with Crippen molar-refractivity contribution in [2.75, 3.05) is 0 Å². The van der Waals surface area contributed by atoms with E-state index >= 15 is 0 Å². The second kappa shape index (κ2) is 5.27. The van der Waals surface area contributed by atoms with Gasteiger partial charge in [-0.15, -0.1) is 0 Å². The van der Waals surface area contributed by atoms with E-state index in [2.05, 4.69) is 0 Å². The maximum atomic E-state index is 13.3. The molecule has 1 nitrogen and oxygen atoms in total. The van der Waals surface area contributed by atoms with E-state index in [4.69, 9.17) is 23.2 Å². The third-order valence-corrected chi connectivity index (χ3v) is 3.21.